The molecule has 0 aromatic heterocycles. The van der Waals surface area contributed by atoms with Gasteiger partial charge in [0.1, 0.15) is 0 Å². The van der Waals surface area contributed by atoms with Crippen molar-refractivity contribution in [2.45, 2.75) is 9.36 Å². The Kier molecular flexibility index (Phi) is 7.27. The average Bonchev–Trinajstić information content (AvgIpc) is 1.31. The summed E-state index contributed by atoms with van der Waals surface area (Å²) in [5.74, 6) is 0. The molecule has 6 heteroatoms. The van der Waals surface area contributed by atoms with Gasteiger partial charge >= 0.3 is 0 Å². The maximum absolute atomic E-state index is 8.26. The molecule has 1 N–H and O–H groups in total. The summed E-state index contributed by atoms with van der Waals surface area (Å²) in [4.78, 5) is 0. The van der Waals surface area contributed by atoms with Gasteiger partial charge in [-0.05, 0) is 0 Å². The molecule has 0 bridgehead atoms. The predicted molar refractivity (Wildman–Crippen MR) is 32.1 cm³/mol. The van der Waals surface area contributed by atoms with Gasteiger partial charge in [0.15, 0.2) is 5.56 Å². The van der Waals surface area contributed by atoms with Crippen molar-refractivity contribution in [3.8, 4) is 0 Å². The summed E-state index contributed by atoms with van der Waals surface area (Å²) in [5.41, 5.74) is -1.43. The smallest absolute Gasteiger partial charge is 0.229 e. The van der Waals surface area contributed by atoms with Gasteiger partial charge in [-0.2, -0.15) is 0 Å². The molecule has 0 rings (SSSR count). The Labute approximate surface area is 82.7 Å². The maximum Gasteiger partial charge on any atom is 0.229 e. The van der Waals surface area contributed by atoms with E-state index in [9.17, 15) is 0 Å². The molecule has 0 aliphatic heterocycles. The van der Waals surface area contributed by atoms with Gasteiger partial charge in [-0.1, -0.05) is 46.4 Å². The summed E-state index contributed by atoms with van der Waals surface area (Å²) in [7, 11) is 0. The summed E-state index contributed by atoms with van der Waals surface area (Å²) in [5, 5.41) is 8.26. The van der Waals surface area contributed by atoms with Crippen LogP contribution in [-0.4, -0.2) is 14.5 Å². The topological polar surface area (TPSA) is 20.2 Å². The molecule has 0 fully saturated rings. The first-order valence-corrected chi connectivity index (χ1v) is 2.90. The van der Waals surface area contributed by atoms with Crippen LogP contribution >= 0.6 is 46.4 Å². The fourth-order valence-electron chi connectivity index (χ4n) is 0. The van der Waals surface area contributed by atoms with Crippen molar-refractivity contribution in [2.75, 3.05) is 0 Å². The fraction of sp³-hybridized carbons (Fsp3) is 1.00. The average molecular weight is 277 g/mol. The second-order valence-electron chi connectivity index (χ2n) is 0.877. The quantitative estimate of drug-likeness (QED) is 0.529. The third-order valence-electron chi connectivity index (χ3n) is 0.270. The van der Waals surface area contributed by atoms with E-state index >= 15 is 0 Å². The van der Waals surface area contributed by atoms with Crippen LogP contribution in [0.2, 0.25) is 0 Å². The molecular formula is C2H2Cl4NbO. The van der Waals surface area contributed by atoms with Gasteiger partial charge in [0.05, 0.1) is 0 Å². The summed E-state index contributed by atoms with van der Waals surface area (Å²) < 4.78 is -1.76. The molecule has 1 atom stereocenters. The molecule has 1 unspecified atom stereocenters. The summed E-state index contributed by atoms with van der Waals surface area (Å²) in [6.07, 6.45) is 0. The van der Waals surface area contributed by atoms with E-state index in [4.69, 9.17) is 51.5 Å². The van der Waals surface area contributed by atoms with E-state index in [2.05, 4.69) is 0 Å². The van der Waals surface area contributed by atoms with Crippen molar-refractivity contribution < 1.29 is 27.5 Å². The molecule has 0 aliphatic carbocycles. The Morgan fingerprint density at radius 2 is 1.38 bits per heavy atom. The second-order valence-corrected chi connectivity index (χ2v) is 3.66. The monoisotopic (exact) mass is 275 g/mol. The van der Waals surface area contributed by atoms with Gasteiger partial charge in [-0.3, -0.25) is 0 Å². The number of aliphatic hydroxyl groups excluding tert-OH is 1. The Bertz CT molecular complexity index is 59.5. The van der Waals surface area contributed by atoms with E-state index in [0.717, 1.165) is 0 Å². The van der Waals surface area contributed by atoms with Crippen LogP contribution in [0.5, 0.6) is 0 Å². The number of hydrogen-bond donors (Lipinski definition) is 1. The van der Waals surface area contributed by atoms with E-state index in [0.29, 0.717) is 0 Å². The molecular weight excluding hydrogens is 275 g/mol. The van der Waals surface area contributed by atoms with Gasteiger partial charge < -0.3 is 5.11 Å². The molecule has 0 amide bonds. The number of aliphatic hydroxyl groups is 1. The molecule has 0 saturated carbocycles. The minimum atomic E-state index is -1.76. The molecule has 0 aromatic carbocycles. The first-order chi connectivity index (χ1) is 2.94. The molecule has 0 saturated heterocycles. The van der Waals surface area contributed by atoms with Gasteiger partial charge in [0.25, 0.3) is 0 Å². The van der Waals surface area contributed by atoms with Gasteiger partial charge in [-0.25, -0.2) is 0 Å². The van der Waals surface area contributed by atoms with E-state index in [1.807, 2.05) is 0 Å². The van der Waals surface area contributed by atoms with Crippen molar-refractivity contribution in [3.63, 3.8) is 0 Å². The molecule has 49 valence electrons. The van der Waals surface area contributed by atoms with Gasteiger partial charge in [-0.15, -0.1) is 0 Å². The Balaban J connectivity index is 0. The van der Waals surface area contributed by atoms with Gasteiger partial charge in [0.2, 0.25) is 3.79 Å². The molecule has 8 heavy (non-hydrogen) atoms. The third kappa shape index (κ3) is 5.99. The van der Waals surface area contributed by atoms with Crippen LogP contribution in [0, 0.1) is 0 Å². The minimum Gasteiger partial charge on any atom is -0.373 e. The van der Waals surface area contributed by atoms with Crippen molar-refractivity contribution >= 4 is 46.4 Å². The molecule has 0 aliphatic rings. The normalized spacial score (nSPS) is 14.6. The Hall–Kier alpha value is 1.86. The van der Waals surface area contributed by atoms with Crippen LogP contribution < -0.4 is 0 Å². The molecule has 0 heterocycles. The van der Waals surface area contributed by atoms with Crippen molar-refractivity contribution in [2.24, 2.45) is 0 Å². The zero-order chi connectivity index (χ0) is 6.08. The summed E-state index contributed by atoms with van der Waals surface area (Å²) in [6.45, 7) is 0. The van der Waals surface area contributed by atoms with Crippen LogP contribution in [0.3, 0.4) is 0 Å². The third-order valence-corrected chi connectivity index (χ3v) is 1.55. The largest absolute Gasteiger partial charge is 0.373 e. The van der Waals surface area contributed by atoms with Gasteiger partial charge in [0, 0.05) is 22.4 Å². The van der Waals surface area contributed by atoms with Crippen LogP contribution in [-0.2, 0) is 22.4 Å². The zero-order valence-electron chi connectivity index (χ0n) is 3.48. The number of hydrogen-bond acceptors (Lipinski definition) is 1. The van der Waals surface area contributed by atoms with E-state index in [1.54, 1.807) is 0 Å². The second kappa shape index (κ2) is 4.64. The first kappa shape index (κ1) is 12.5. The number of rotatable bonds is 0. The zero-order valence-corrected chi connectivity index (χ0v) is 8.71. The van der Waals surface area contributed by atoms with E-state index < -0.39 is 9.36 Å². The predicted octanol–water partition coefficient (Wildman–Crippen LogP) is 1.91. The Morgan fingerprint density at radius 3 is 1.38 bits per heavy atom. The van der Waals surface area contributed by atoms with Crippen LogP contribution in [0.1, 0.15) is 0 Å². The SMILES string of the molecule is OC(Cl)C(Cl)(Cl)Cl.[Nb]. The van der Waals surface area contributed by atoms with Crippen LogP contribution in [0.25, 0.3) is 0 Å². The molecule has 0 spiro atoms. The molecule has 0 aromatic rings. The maximum atomic E-state index is 8.26. The standard InChI is InChI=1S/C2H2Cl4O.Nb/c3-1(7)2(4,5)6;/h1,7H;. The fourth-order valence-corrected chi connectivity index (χ4v) is 0. The first-order valence-electron chi connectivity index (χ1n) is 1.33. The van der Waals surface area contributed by atoms with Crippen molar-refractivity contribution in [1.29, 1.82) is 0 Å². The van der Waals surface area contributed by atoms with Crippen molar-refractivity contribution in [3.05, 3.63) is 0 Å². The molecule has 1 radical (unpaired) electrons. The van der Waals surface area contributed by atoms with Crippen LogP contribution in [0.15, 0.2) is 0 Å². The molecule has 1 nitrogen and oxygen atoms in total. The van der Waals surface area contributed by atoms with Crippen LogP contribution in [0.4, 0.5) is 0 Å². The Morgan fingerprint density at radius 1 is 1.25 bits per heavy atom. The van der Waals surface area contributed by atoms with Crippen molar-refractivity contribution in [1.82, 2.24) is 0 Å². The summed E-state index contributed by atoms with van der Waals surface area (Å²) >= 11 is 20.0. The summed E-state index contributed by atoms with van der Waals surface area (Å²) in [6, 6.07) is 0. The minimum absolute atomic E-state index is 0. The number of halogens is 4. The number of alkyl halides is 4. The van der Waals surface area contributed by atoms with E-state index in [-0.39, 0.29) is 22.4 Å². The van der Waals surface area contributed by atoms with E-state index in [1.165, 1.54) is 0 Å².